The third-order valence-electron chi connectivity index (χ3n) is 4.16. The summed E-state index contributed by atoms with van der Waals surface area (Å²) in [7, 11) is 0. The highest BCUT2D eigenvalue weighted by Gasteiger charge is 2.13. The zero-order chi connectivity index (χ0) is 19.4. The summed E-state index contributed by atoms with van der Waals surface area (Å²) in [4.78, 5) is 10.6. The fourth-order valence-corrected chi connectivity index (χ4v) is 2.59. The van der Waals surface area contributed by atoms with Crippen molar-refractivity contribution in [2.75, 3.05) is 12.3 Å². The van der Waals surface area contributed by atoms with Gasteiger partial charge in [-0.15, -0.1) is 0 Å². The molecular weight excluding hydrogens is 324 g/mol. The molecule has 26 heavy (non-hydrogen) atoms. The van der Waals surface area contributed by atoms with Crippen LogP contribution in [0.2, 0.25) is 0 Å². The number of hydroxylamine groups is 2. The van der Waals surface area contributed by atoms with Crippen LogP contribution < -0.4 is 11.5 Å². The molecule has 0 aliphatic heterocycles. The summed E-state index contributed by atoms with van der Waals surface area (Å²) in [5.41, 5.74) is 14.6. The second-order valence-corrected chi connectivity index (χ2v) is 6.64. The summed E-state index contributed by atoms with van der Waals surface area (Å²) in [5.74, 6) is 0.721. The van der Waals surface area contributed by atoms with Gasteiger partial charge in [-0.3, -0.25) is 4.84 Å². The molecule has 0 heterocycles. The van der Waals surface area contributed by atoms with E-state index in [1.807, 2.05) is 24.3 Å². The van der Waals surface area contributed by atoms with Gasteiger partial charge in [0.1, 0.15) is 0 Å². The highest BCUT2D eigenvalue weighted by Crippen LogP contribution is 2.14. The summed E-state index contributed by atoms with van der Waals surface area (Å²) in [6.45, 7) is 10.0. The smallest absolute Gasteiger partial charge is 0.0992 e. The predicted octanol–water partition coefficient (Wildman–Crippen LogP) is 4.64. The number of hydrogen-bond donors (Lipinski definition) is 2. The van der Waals surface area contributed by atoms with Gasteiger partial charge < -0.3 is 11.5 Å². The zero-order valence-electron chi connectivity index (χ0n) is 16.9. The van der Waals surface area contributed by atoms with Crippen LogP contribution in [0.5, 0.6) is 0 Å². The maximum Gasteiger partial charge on any atom is 0.0992 e. The van der Waals surface area contributed by atoms with Crippen molar-refractivity contribution < 1.29 is 4.84 Å². The predicted molar refractivity (Wildman–Crippen MR) is 112 cm³/mol. The van der Waals surface area contributed by atoms with Crippen molar-refractivity contribution in [2.45, 2.75) is 72.4 Å². The van der Waals surface area contributed by atoms with Gasteiger partial charge in [-0.05, 0) is 50.3 Å². The summed E-state index contributed by atoms with van der Waals surface area (Å²) in [5, 5.41) is 2.07. The molecule has 0 spiro atoms. The summed E-state index contributed by atoms with van der Waals surface area (Å²) >= 11 is 0. The van der Waals surface area contributed by atoms with Gasteiger partial charge in [0.2, 0.25) is 0 Å². The van der Waals surface area contributed by atoms with Gasteiger partial charge in [0.05, 0.1) is 12.4 Å². The van der Waals surface area contributed by atoms with Crippen LogP contribution in [0, 0.1) is 0 Å². The first kappa shape index (κ1) is 22.2. The van der Waals surface area contributed by atoms with E-state index in [0.717, 1.165) is 61.4 Å². The van der Waals surface area contributed by atoms with Gasteiger partial charge >= 0.3 is 0 Å². The first-order valence-corrected chi connectivity index (χ1v) is 9.76. The van der Waals surface area contributed by atoms with Crippen LogP contribution in [0.3, 0.4) is 0 Å². The molecule has 0 amide bonds. The molecular formula is C21H36N4O. The molecule has 0 saturated heterocycles. The van der Waals surface area contributed by atoms with E-state index in [9.17, 15) is 0 Å². The van der Waals surface area contributed by atoms with Crippen molar-refractivity contribution in [3.8, 4) is 0 Å². The van der Waals surface area contributed by atoms with Crippen molar-refractivity contribution in [3.05, 3.63) is 41.6 Å². The normalized spacial score (nSPS) is 14.0. The number of amidine groups is 1. The lowest BCUT2D eigenvalue weighted by Crippen LogP contribution is -2.33. The Morgan fingerprint density at radius 1 is 1.19 bits per heavy atom. The van der Waals surface area contributed by atoms with E-state index in [2.05, 4.69) is 43.8 Å². The molecule has 0 fully saturated rings. The number of anilines is 1. The van der Waals surface area contributed by atoms with Crippen molar-refractivity contribution in [3.63, 3.8) is 0 Å². The van der Waals surface area contributed by atoms with Gasteiger partial charge in [0.25, 0.3) is 0 Å². The average Bonchev–Trinajstić information content (AvgIpc) is 2.63. The number of nitrogen functional groups attached to an aromatic ring is 1. The van der Waals surface area contributed by atoms with Gasteiger partial charge in [-0.25, -0.2) is 4.99 Å². The van der Waals surface area contributed by atoms with Crippen molar-refractivity contribution in [1.29, 1.82) is 0 Å². The summed E-state index contributed by atoms with van der Waals surface area (Å²) in [6, 6.07) is 8.09. The average molecular weight is 361 g/mol. The molecule has 0 bridgehead atoms. The molecule has 0 saturated carbocycles. The SMILES string of the molecule is CCCC(N)=N/C(=C/CC(C)N(CCC)OCc1ccc(N)cc1)CC. The molecule has 5 heteroatoms. The maximum atomic E-state index is 6.06. The van der Waals surface area contributed by atoms with Crippen LogP contribution in [0.1, 0.15) is 65.4 Å². The number of nitrogens with two attached hydrogens (primary N) is 2. The Morgan fingerprint density at radius 2 is 1.88 bits per heavy atom. The number of hydrogen-bond acceptors (Lipinski definition) is 4. The fraction of sp³-hybridized carbons (Fsp3) is 0.571. The molecule has 1 atom stereocenters. The third kappa shape index (κ3) is 8.50. The van der Waals surface area contributed by atoms with Crippen LogP contribution in [0.15, 0.2) is 41.0 Å². The second-order valence-electron chi connectivity index (χ2n) is 6.64. The van der Waals surface area contributed by atoms with Crippen molar-refractivity contribution in [2.24, 2.45) is 10.7 Å². The van der Waals surface area contributed by atoms with Gasteiger partial charge in [-0.1, -0.05) is 39.0 Å². The molecule has 1 rings (SSSR count). The molecule has 1 unspecified atom stereocenters. The molecule has 1 aromatic rings. The number of rotatable bonds is 12. The number of allylic oxidation sites excluding steroid dienone is 1. The Labute approximate surface area is 159 Å². The van der Waals surface area contributed by atoms with E-state index in [0.29, 0.717) is 6.61 Å². The number of benzene rings is 1. The second kappa shape index (κ2) is 12.5. The Morgan fingerprint density at radius 3 is 2.46 bits per heavy atom. The maximum absolute atomic E-state index is 6.06. The highest BCUT2D eigenvalue weighted by molar-refractivity contribution is 5.81. The Balaban J connectivity index is 2.65. The van der Waals surface area contributed by atoms with Crippen LogP contribution in [0.4, 0.5) is 5.69 Å². The van der Waals surface area contributed by atoms with E-state index < -0.39 is 0 Å². The minimum Gasteiger partial charge on any atom is -0.399 e. The van der Waals surface area contributed by atoms with Crippen LogP contribution in [-0.4, -0.2) is 23.5 Å². The monoisotopic (exact) mass is 360 g/mol. The zero-order valence-corrected chi connectivity index (χ0v) is 16.9. The molecule has 0 radical (unpaired) electrons. The van der Waals surface area contributed by atoms with E-state index in [1.165, 1.54) is 0 Å². The minimum absolute atomic E-state index is 0.271. The first-order valence-electron chi connectivity index (χ1n) is 9.76. The quantitative estimate of drug-likeness (QED) is 0.246. The highest BCUT2D eigenvalue weighted by atomic mass is 16.7. The largest absolute Gasteiger partial charge is 0.399 e. The summed E-state index contributed by atoms with van der Waals surface area (Å²) in [6.07, 6.45) is 6.86. The van der Waals surface area contributed by atoms with Gasteiger partial charge in [-0.2, -0.15) is 5.06 Å². The van der Waals surface area contributed by atoms with Crippen LogP contribution in [0.25, 0.3) is 0 Å². The fourth-order valence-electron chi connectivity index (χ4n) is 2.59. The molecule has 146 valence electrons. The Hall–Kier alpha value is -1.85. The lowest BCUT2D eigenvalue weighted by Gasteiger charge is -2.27. The number of aliphatic imine (C=N–C) groups is 1. The molecule has 0 aromatic heterocycles. The molecule has 0 aliphatic carbocycles. The topological polar surface area (TPSA) is 76.9 Å². The van der Waals surface area contributed by atoms with Gasteiger partial charge in [0.15, 0.2) is 0 Å². The first-order chi connectivity index (χ1) is 12.5. The Kier molecular flexibility index (Phi) is 10.7. The van der Waals surface area contributed by atoms with E-state index >= 15 is 0 Å². The van der Waals surface area contributed by atoms with Crippen LogP contribution in [-0.2, 0) is 11.4 Å². The van der Waals surface area contributed by atoms with Crippen molar-refractivity contribution in [1.82, 2.24) is 5.06 Å². The van der Waals surface area contributed by atoms with E-state index in [-0.39, 0.29) is 6.04 Å². The Bertz CT molecular complexity index is 566. The summed E-state index contributed by atoms with van der Waals surface area (Å²) < 4.78 is 0. The number of nitrogens with zero attached hydrogens (tertiary/aromatic N) is 2. The van der Waals surface area contributed by atoms with E-state index in [1.54, 1.807) is 0 Å². The lowest BCUT2D eigenvalue weighted by molar-refractivity contribution is -0.192. The van der Waals surface area contributed by atoms with Crippen molar-refractivity contribution >= 4 is 11.5 Å². The molecule has 4 N–H and O–H groups in total. The third-order valence-corrected chi connectivity index (χ3v) is 4.16. The van der Waals surface area contributed by atoms with Gasteiger partial charge in [0, 0.05) is 30.4 Å². The lowest BCUT2D eigenvalue weighted by atomic mass is 10.2. The standard InChI is InChI=1S/C21H36N4O/c1-5-8-21(23)24-20(7-3)14-9-17(4)25(15-6-2)26-16-18-10-12-19(22)13-11-18/h10-14,17H,5-9,15-16,22H2,1-4H3,(H2,23,24)/b20-14+. The van der Waals surface area contributed by atoms with E-state index in [4.69, 9.17) is 16.3 Å². The molecule has 1 aromatic carbocycles. The molecule has 5 nitrogen and oxygen atoms in total. The minimum atomic E-state index is 0.271. The van der Waals surface area contributed by atoms with Crippen LogP contribution >= 0.6 is 0 Å². The molecule has 0 aliphatic rings.